The van der Waals surface area contributed by atoms with E-state index in [1.54, 1.807) is 0 Å². The van der Waals surface area contributed by atoms with Gasteiger partial charge in [0.2, 0.25) is 0 Å². The number of nitrogens with one attached hydrogen (secondary N) is 1. The Morgan fingerprint density at radius 2 is 2.20 bits per heavy atom. The predicted octanol–water partition coefficient (Wildman–Crippen LogP) is 1.65. The summed E-state index contributed by atoms with van der Waals surface area (Å²) >= 11 is 0. The first kappa shape index (κ1) is 21.2. The molecule has 1 amide bonds. The number of hydrogen-bond donors (Lipinski definition) is 2. The molecule has 1 aromatic heterocycles. The molecule has 0 saturated carbocycles. The first-order valence-corrected chi connectivity index (χ1v) is 11.0. The van der Waals surface area contributed by atoms with Crippen molar-refractivity contribution < 1.29 is 19.4 Å². The highest BCUT2D eigenvalue weighted by Crippen LogP contribution is 2.37. The Morgan fingerprint density at radius 3 is 2.90 bits per heavy atom. The molecular formula is C22H32N4O4. The van der Waals surface area contributed by atoms with E-state index in [0.29, 0.717) is 32.7 Å². The maximum Gasteiger partial charge on any atom is 0.255 e. The van der Waals surface area contributed by atoms with Crippen LogP contribution in [0.3, 0.4) is 0 Å². The van der Waals surface area contributed by atoms with Crippen LogP contribution in [-0.2, 0) is 28.9 Å². The van der Waals surface area contributed by atoms with Crippen molar-refractivity contribution in [1.29, 1.82) is 0 Å². The summed E-state index contributed by atoms with van der Waals surface area (Å²) in [6, 6.07) is 0. The number of nitrogens with zero attached hydrogens (tertiary/aromatic N) is 3. The molecule has 164 valence electrons. The number of allylic oxidation sites excluding steroid dienone is 1. The van der Waals surface area contributed by atoms with Crippen molar-refractivity contribution in [3.8, 4) is 0 Å². The van der Waals surface area contributed by atoms with E-state index in [4.69, 9.17) is 14.6 Å². The first-order chi connectivity index (χ1) is 14.5. The smallest absolute Gasteiger partial charge is 0.255 e. The van der Waals surface area contributed by atoms with Crippen molar-refractivity contribution in [3.63, 3.8) is 0 Å². The Balaban J connectivity index is 1.44. The molecular weight excluding hydrogens is 384 g/mol. The summed E-state index contributed by atoms with van der Waals surface area (Å²) in [7, 11) is 0. The second-order valence-electron chi connectivity index (χ2n) is 8.57. The summed E-state index contributed by atoms with van der Waals surface area (Å²) in [5.74, 6) is -0.00770. The van der Waals surface area contributed by atoms with E-state index in [0.717, 1.165) is 67.1 Å². The SMILES string of the molecule is CCc1nn(CCCOC(O)C2=CC(C)=NC2)c2c1C(=O)NCC1(CCOCC1)C2. The van der Waals surface area contributed by atoms with E-state index in [1.165, 1.54) is 0 Å². The normalized spacial score (nSPS) is 21.6. The molecule has 4 heterocycles. The van der Waals surface area contributed by atoms with Gasteiger partial charge in [0.15, 0.2) is 6.29 Å². The van der Waals surface area contributed by atoms with Gasteiger partial charge in [-0.25, -0.2) is 0 Å². The summed E-state index contributed by atoms with van der Waals surface area (Å²) in [5.41, 5.74) is 4.40. The highest BCUT2D eigenvalue weighted by Gasteiger charge is 2.39. The quantitative estimate of drug-likeness (QED) is 0.520. The van der Waals surface area contributed by atoms with Crippen molar-refractivity contribution in [2.45, 2.75) is 58.8 Å². The van der Waals surface area contributed by atoms with Crippen LogP contribution < -0.4 is 5.32 Å². The van der Waals surface area contributed by atoms with Gasteiger partial charge in [-0.1, -0.05) is 6.92 Å². The number of ether oxygens (including phenoxy) is 2. The molecule has 2 N–H and O–H groups in total. The highest BCUT2D eigenvalue weighted by atomic mass is 16.6. The average Bonchev–Trinajstić information content (AvgIpc) is 3.30. The Morgan fingerprint density at radius 1 is 1.40 bits per heavy atom. The zero-order chi connectivity index (χ0) is 21.1. The van der Waals surface area contributed by atoms with Gasteiger partial charge >= 0.3 is 0 Å². The molecule has 0 bridgehead atoms. The standard InChI is InChI=1S/C22H32N4O4/c1-3-17-19-18(12-22(14-24-20(19)27)5-9-29-10-6-22)26(25-17)7-4-8-30-21(28)16-11-15(2)23-13-16/h11,21,28H,3-10,12-14H2,1-2H3,(H,24,27). The molecule has 30 heavy (non-hydrogen) atoms. The van der Waals surface area contributed by atoms with E-state index >= 15 is 0 Å². The molecule has 1 atom stereocenters. The van der Waals surface area contributed by atoms with Crippen LogP contribution in [0, 0.1) is 5.41 Å². The Labute approximate surface area is 177 Å². The van der Waals surface area contributed by atoms with Gasteiger partial charge in [-0.05, 0) is 50.5 Å². The second kappa shape index (κ2) is 8.99. The molecule has 1 fully saturated rings. The fourth-order valence-corrected chi connectivity index (χ4v) is 4.60. The van der Waals surface area contributed by atoms with Gasteiger partial charge in [0.05, 0.1) is 30.1 Å². The second-order valence-corrected chi connectivity index (χ2v) is 8.57. The number of carbonyl (C=O) groups is 1. The Hall–Kier alpha value is -2.03. The number of fused-ring (bicyclic) bond motifs is 1. The third kappa shape index (κ3) is 4.36. The zero-order valence-electron chi connectivity index (χ0n) is 17.9. The van der Waals surface area contributed by atoms with Crippen molar-refractivity contribution in [1.82, 2.24) is 15.1 Å². The lowest BCUT2D eigenvalue weighted by molar-refractivity contribution is -0.0738. The Kier molecular flexibility index (Phi) is 6.36. The third-order valence-corrected chi connectivity index (χ3v) is 6.42. The lowest BCUT2D eigenvalue weighted by atomic mass is 9.76. The number of aliphatic hydroxyl groups excluding tert-OH is 1. The summed E-state index contributed by atoms with van der Waals surface area (Å²) in [6.45, 7) is 7.70. The predicted molar refractivity (Wildman–Crippen MR) is 113 cm³/mol. The number of carbonyl (C=O) groups excluding carboxylic acids is 1. The van der Waals surface area contributed by atoms with Crippen LogP contribution in [0.2, 0.25) is 0 Å². The summed E-state index contributed by atoms with van der Waals surface area (Å²) in [5, 5.41) is 18.1. The highest BCUT2D eigenvalue weighted by molar-refractivity contribution is 5.97. The number of amides is 1. The molecule has 0 aliphatic carbocycles. The zero-order valence-corrected chi connectivity index (χ0v) is 17.9. The van der Waals surface area contributed by atoms with Crippen LogP contribution in [0.25, 0.3) is 0 Å². The maximum atomic E-state index is 12.8. The summed E-state index contributed by atoms with van der Waals surface area (Å²) in [6.07, 6.45) is 5.13. The van der Waals surface area contributed by atoms with E-state index in [-0.39, 0.29) is 11.3 Å². The average molecular weight is 417 g/mol. The number of rotatable bonds is 7. The van der Waals surface area contributed by atoms with Gasteiger partial charge in [0.25, 0.3) is 5.91 Å². The van der Waals surface area contributed by atoms with E-state index in [1.807, 2.05) is 24.6 Å². The van der Waals surface area contributed by atoms with Crippen LogP contribution in [0.5, 0.6) is 0 Å². The van der Waals surface area contributed by atoms with Crippen molar-refractivity contribution in [2.24, 2.45) is 10.4 Å². The number of aliphatic imine (C=N–C) groups is 1. The van der Waals surface area contributed by atoms with Crippen molar-refractivity contribution in [3.05, 3.63) is 28.6 Å². The molecule has 0 radical (unpaired) electrons. The van der Waals surface area contributed by atoms with Crippen LogP contribution in [0.15, 0.2) is 16.6 Å². The van der Waals surface area contributed by atoms with Gasteiger partial charge in [-0.3, -0.25) is 14.5 Å². The molecule has 3 aliphatic rings. The number of aromatic nitrogens is 2. The molecule has 8 heteroatoms. The monoisotopic (exact) mass is 416 g/mol. The van der Waals surface area contributed by atoms with Crippen LogP contribution in [0.4, 0.5) is 0 Å². The summed E-state index contributed by atoms with van der Waals surface area (Å²) in [4.78, 5) is 17.1. The van der Waals surface area contributed by atoms with Crippen LogP contribution >= 0.6 is 0 Å². The fourth-order valence-electron chi connectivity index (χ4n) is 4.60. The molecule has 1 unspecified atom stereocenters. The van der Waals surface area contributed by atoms with Gasteiger partial charge in [-0.15, -0.1) is 0 Å². The minimum atomic E-state index is -0.913. The number of aliphatic hydroxyl groups is 1. The van der Waals surface area contributed by atoms with Crippen LogP contribution in [-0.4, -0.2) is 65.7 Å². The van der Waals surface area contributed by atoms with Gasteiger partial charge in [0.1, 0.15) is 0 Å². The lowest BCUT2D eigenvalue weighted by Crippen LogP contribution is -2.40. The lowest BCUT2D eigenvalue weighted by Gasteiger charge is -2.36. The number of hydrogen-bond acceptors (Lipinski definition) is 6. The molecule has 1 aromatic rings. The minimum Gasteiger partial charge on any atom is -0.381 e. The van der Waals surface area contributed by atoms with Gasteiger partial charge < -0.3 is 19.9 Å². The van der Waals surface area contributed by atoms with E-state index in [2.05, 4.69) is 10.3 Å². The number of aryl methyl sites for hydroxylation is 2. The topological polar surface area (TPSA) is 98.0 Å². The molecule has 8 nitrogen and oxygen atoms in total. The first-order valence-electron chi connectivity index (χ1n) is 11.0. The summed E-state index contributed by atoms with van der Waals surface area (Å²) < 4.78 is 13.2. The van der Waals surface area contributed by atoms with E-state index in [9.17, 15) is 9.90 Å². The minimum absolute atomic E-state index is 0.00770. The fraction of sp³-hybridized carbons (Fsp3) is 0.682. The molecule has 1 saturated heterocycles. The van der Waals surface area contributed by atoms with Crippen molar-refractivity contribution >= 4 is 11.6 Å². The van der Waals surface area contributed by atoms with Gasteiger partial charge in [0, 0.05) is 37.6 Å². The maximum absolute atomic E-state index is 12.8. The van der Waals surface area contributed by atoms with Crippen LogP contribution in [0.1, 0.15) is 54.9 Å². The molecule has 1 spiro atoms. The molecule has 3 aliphatic heterocycles. The van der Waals surface area contributed by atoms with Crippen molar-refractivity contribution in [2.75, 3.05) is 32.9 Å². The third-order valence-electron chi connectivity index (χ3n) is 6.42. The molecule has 0 aromatic carbocycles. The molecule has 4 rings (SSSR count). The van der Waals surface area contributed by atoms with E-state index < -0.39 is 6.29 Å². The largest absolute Gasteiger partial charge is 0.381 e. The van der Waals surface area contributed by atoms with Gasteiger partial charge in [-0.2, -0.15) is 5.10 Å². The Bertz CT molecular complexity index is 852.